The molecule has 0 aliphatic carbocycles. The SMILES string of the molecule is C=CCC(CN)CCC(=S)c1ccccc1. The molecule has 1 aromatic carbocycles. The molecule has 0 aliphatic rings. The van der Waals surface area contributed by atoms with Crippen LogP contribution in [0.25, 0.3) is 0 Å². The monoisotopic (exact) mass is 233 g/mol. The Kier molecular flexibility index (Phi) is 5.98. The summed E-state index contributed by atoms with van der Waals surface area (Å²) in [6.07, 6.45) is 4.91. The van der Waals surface area contributed by atoms with Crippen molar-refractivity contribution >= 4 is 17.1 Å². The number of nitrogens with two attached hydrogens (primary N) is 1. The van der Waals surface area contributed by atoms with Gasteiger partial charge in [0.25, 0.3) is 0 Å². The van der Waals surface area contributed by atoms with Gasteiger partial charge in [0.1, 0.15) is 0 Å². The molecule has 1 atom stereocenters. The highest BCUT2D eigenvalue weighted by molar-refractivity contribution is 7.80. The van der Waals surface area contributed by atoms with Crippen molar-refractivity contribution in [2.75, 3.05) is 6.54 Å². The lowest BCUT2D eigenvalue weighted by Gasteiger charge is -2.12. The van der Waals surface area contributed by atoms with Gasteiger partial charge in [-0.3, -0.25) is 0 Å². The van der Waals surface area contributed by atoms with E-state index < -0.39 is 0 Å². The number of benzene rings is 1. The van der Waals surface area contributed by atoms with Gasteiger partial charge in [-0.05, 0) is 37.3 Å². The van der Waals surface area contributed by atoms with Gasteiger partial charge in [0.05, 0.1) is 0 Å². The first kappa shape index (κ1) is 13.1. The summed E-state index contributed by atoms with van der Waals surface area (Å²) < 4.78 is 0. The minimum absolute atomic E-state index is 0.513. The molecule has 0 radical (unpaired) electrons. The van der Waals surface area contributed by atoms with E-state index in [0.717, 1.165) is 29.7 Å². The lowest BCUT2D eigenvalue weighted by molar-refractivity contribution is 0.515. The van der Waals surface area contributed by atoms with Gasteiger partial charge in [-0.25, -0.2) is 0 Å². The van der Waals surface area contributed by atoms with E-state index in [9.17, 15) is 0 Å². The molecular formula is C14H19NS. The van der Waals surface area contributed by atoms with Crippen LogP contribution in [0.2, 0.25) is 0 Å². The molecule has 1 nitrogen and oxygen atoms in total. The number of hydrogen-bond donors (Lipinski definition) is 1. The van der Waals surface area contributed by atoms with Gasteiger partial charge in [0, 0.05) is 4.86 Å². The Labute approximate surface area is 103 Å². The topological polar surface area (TPSA) is 26.0 Å². The van der Waals surface area contributed by atoms with E-state index in [1.54, 1.807) is 0 Å². The Balaban J connectivity index is 2.43. The number of rotatable bonds is 7. The van der Waals surface area contributed by atoms with Gasteiger partial charge < -0.3 is 5.73 Å². The van der Waals surface area contributed by atoms with Crippen LogP contribution in [-0.4, -0.2) is 11.4 Å². The number of thiocarbonyl (C=S) groups is 1. The van der Waals surface area contributed by atoms with Crippen molar-refractivity contribution in [1.82, 2.24) is 0 Å². The van der Waals surface area contributed by atoms with Gasteiger partial charge in [-0.2, -0.15) is 0 Å². The Bertz CT molecular complexity index is 332. The van der Waals surface area contributed by atoms with Crippen molar-refractivity contribution in [3.63, 3.8) is 0 Å². The summed E-state index contributed by atoms with van der Waals surface area (Å²) >= 11 is 5.40. The maximum atomic E-state index is 5.69. The predicted octanol–water partition coefficient (Wildman–Crippen LogP) is 3.34. The van der Waals surface area contributed by atoms with Crippen molar-refractivity contribution in [1.29, 1.82) is 0 Å². The van der Waals surface area contributed by atoms with Gasteiger partial charge in [0.2, 0.25) is 0 Å². The van der Waals surface area contributed by atoms with Gasteiger partial charge >= 0.3 is 0 Å². The molecule has 1 unspecified atom stereocenters. The molecule has 0 heterocycles. The Hall–Kier alpha value is -0.990. The zero-order valence-electron chi connectivity index (χ0n) is 9.56. The van der Waals surface area contributed by atoms with Crippen LogP contribution in [0, 0.1) is 5.92 Å². The average molecular weight is 233 g/mol. The van der Waals surface area contributed by atoms with Crippen LogP contribution >= 0.6 is 12.2 Å². The molecule has 0 saturated heterocycles. The van der Waals surface area contributed by atoms with Gasteiger partial charge in [0.15, 0.2) is 0 Å². The molecule has 0 aromatic heterocycles. The zero-order valence-corrected chi connectivity index (χ0v) is 10.4. The molecule has 86 valence electrons. The normalized spacial score (nSPS) is 12.1. The summed E-state index contributed by atoms with van der Waals surface area (Å²) in [6.45, 7) is 4.46. The van der Waals surface area contributed by atoms with Gasteiger partial charge in [-0.15, -0.1) is 6.58 Å². The van der Waals surface area contributed by atoms with Crippen LogP contribution in [0.4, 0.5) is 0 Å². The maximum absolute atomic E-state index is 5.69. The van der Waals surface area contributed by atoms with E-state index in [0.29, 0.717) is 12.5 Å². The molecule has 0 bridgehead atoms. The lowest BCUT2D eigenvalue weighted by atomic mass is 9.97. The summed E-state index contributed by atoms with van der Waals surface area (Å²) in [5, 5.41) is 0. The first-order chi connectivity index (χ1) is 7.77. The Morgan fingerprint density at radius 2 is 2.06 bits per heavy atom. The molecule has 2 heteroatoms. The molecular weight excluding hydrogens is 214 g/mol. The first-order valence-corrected chi connectivity index (χ1v) is 6.08. The number of hydrogen-bond acceptors (Lipinski definition) is 2. The fourth-order valence-electron chi connectivity index (χ4n) is 1.67. The van der Waals surface area contributed by atoms with Crippen molar-refractivity contribution in [3.8, 4) is 0 Å². The molecule has 0 spiro atoms. The Morgan fingerprint density at radius 3 is 2.62 bits per heavy atom. The first-order valence-electron chi connectivity index (χ1n) is 5.67. The zero-order chi connectivity index (χ0) is 11.8. The van der Waals surface area contributed by atoms with Crippen LogP contribution in [0.5, 0.6) is 0 Å². The second-order valence-electron chi connectivity index (χ2n) is 3.95. The van der Waals surface area contributed by atoms with Crippen LogP contribution < -0.4 is 5.73 Å². The summed E-state index contributed by atoms with van der Waals surface area (Å²) in [5.74, 6) is 0.513. The van der Waals surface area contributed by atoms with Crippen molar-refractivity contribution in [3.05, 3.63) is 48.6 Å². The van der Waals surface area contributed by atoms with E-state index in [2.05, 4.69) is 18.7 Å². The molecule has 0 aliphatic heterocycles. The molecule has 0 amide bonds. The van der Waals surface area contributed by atoms with E-state index in [4.69, 9.17) is 18.0 Å². The Morgan fingerprint density at radius 1 is 1.38 bits per heavy atom. The number of allylic oxidation sites excluding steroid dienone is 1. The fourth-order valence-corrected chi connectivity index (χ4v) is 1.93. The molecule has 0 fully saturated rings. The largest absolute Gasteiger partial charge is 0.330 e. The highest BCUT2D eigenvalue weighted by Crippen LogP contribution is 2.14. The average Bonchev–Trinajstić information content (AvgIpc) is 2.35. The minimum atomic E-state index is 0.513. The molecule has 16 heavy (non-hydrogen) atoms. The van der Waals surface area contributed by atoms with Crippen molar-refractivity contribution in [2.24, 2.45) is 11.7 Å². The summed E-state index contributed by atoms with van der Waals surface area (Å²) in [4.78, 5) is 1.03. The molecule has 0 saturated carbocycles. The fraction of sp³-hybridized carbons (Fsp3) is 0.357. The third-order valence-corrected chi connectivity index (χ3v) is 3.15. The van der Waals surface area contributed by atoms with E-state index in [1.807, 2.05) is 24.3 Å². The third-order valence-electron chi connectivity index (χ3n) is 2.71. The van der Waals surface area contributed by atoms with Crippen LogP contribution in [0.1, 0.15) is 24.8 Å². The standard InChI is InChI=1S/C14H19NS/c1-2-6-12(11-15)9-10-14(16)13-7-4-3-5-8-13/h2-5,7-8,12H,1,6,9-11,15H2. The second-order valence-corrected chi connectivity index (χ2v) is 4.45. The third kappa shape index (κ3) is 4.25. The lowest BCUT2D eigenvalue weighted by Crippen LogP contribution is -2.15. The van der Waals surface area contributed by atoms with Gasteiger partial charge in [-0.1, -0.05) is 48.6 Å². The highest BCUT2D eigenvalue weighted by atomic mass is 32.1. The highest BCUT2D eigenvalue weighted by Gasteiger charge is 2.07. The summed E-state index contributed by atoms with van der Waals surface area (Å²) in [6, 6.07) is 10.2. The van der Waals surface area contributed by atoms with Crippen LogP contribution in [0.15, 0.2) is 43.0 Å². The van der Waals surface area contributed by atoms with E-state index in [-0.39, 0.29) is 0 Å². The predicted molar refractivity (Wildman–Crippen MR) is 74.7 cm³/mol. The maximum Gasteiger partial charge on any atom is 0.0224 e. The smallest absolute Gasteiger partial charge is 0.0224 e. The van der Waals surface area contributed by atoms with E-state index in [1.165, 1.54) is 0 Å². The second kappa shape index (κ2) is 7.31. The van der Waals surface area contributed by atoms with Crippen molar-refractivity contribution < 1.29 is 0 Å². The van der Waals surface area contributed by atoms with Crippen molar-refractivity contribution in [2.45, 2.75) is 19.3 Å². The van der Waals surface area contributed by atoms with E-state index >= 15 is 0 Å². The summed E-state index contributed by atoms with van der Waals surface area (Å²) in [5.41, 5.74) is 6.85. The summed E-state index contributed by atoms with van der Waals surface area (Å²) in [7, 11) is 0. The van der Waals surface area contributed by atoms with Crippen LogP contribution in [0.3, 0.4) is 0 Å². The molecule has 1 rings (SSSR count). The van der Waals surface area contributed by atoms with Crippen LogP contribution in [-0.2, 0) is 0 Å². The molecule has 1 aromatic rings. The minimum Gasteiger partial charge on any atom is -0.330 e. The molecule has 2 N–H and O–H groups in total. The quantitative estimate of drug-likeness (QED) is 0.444.